The van der Waals surface area contributed by atoms with Crippen LogP contribution >= 0.6 is 11.6 Å². The molecular formula is C14H9ClN2O. The molecule has 0 atom stereocenters. The third-order valence-corrected chi connectivity index (χ3v) is 3.15. The van der Waals surface area contributed by atoms with Crippen LogP contribution in [0, 0.1) is 0 Å². The second-order valence-electron chi connectivity index (χ2n) is 3.92. The van der Waals surface area contributed by atoms with Gasteiger partial charge in [-0.25, -0.2) is 4.98 Å². The summed E-state index contributed by atoms with van der Waals surface area (Å²) in [5, 5.41) is 0.556. The first-order valence-corrected chi connectivity index (χ1v) is 5.84. The lowest BCUT2D eigenvalue weighted by Gasteiger charge is -2.08. The summed E-state index contributed by atoms with van der Waals surface area (Å²) in [5.41, 5.74) is 3.27. The number of fused-ring (bicyclic) bond motifs is 1. The number of aldehydes is 1. The van der Waals surface area contributed by atoms with Crippen molar-refractivity contribution in [2.45, 2.75) is 0 Å². The van der Waals surface area contributed by atoms with E-state index in [4.69, 9.17) is 11.6 Å². The zero-order valence-corrected chi connectivity index (χ0v) is 10.1. The van der Waals surface area contributed by atoms with Gasteiger partial charge in [-0.1, -0.05) is 29.8 Å². The predicted molar refractivity (Wildman–Crippen MR) is 71.0 cm³/mol. The Hall–Kier alpha value is -2.13. The Balaban J connectivity index is 2.26. The first-order chi connectivity index (χ1) is 8.79. The minimum Gasteiger partial charge on any atom is -0.300 e. The molecule has 2 aromatic heterocycles. The number of halogens is 1. The first-order valence-electron chi connectivity index (χ1n) is 5.47. The van der Waals surface area contributed by atoms with Crippen LogP contribution in [-0.2, 0) is 0 Å². The third kappa shape index (κ3) is 1.69. The molecule has 0 saturated heterocycles. The van der Waals surface area contributed by atoms with Crippen LogP contribution in [0.4, 0.5) is 0 Å². The molecule has 0 bridgehead atoms. The molecule has 0 radical (unpaired) electrons. The van der Waals surface area contributed by atoms with Crippen LogP contribution in [0.25, 0.3) is 16.9 Å². The van der Waals surface area contributed by atoms with Crippen LogP contribution < -0.4 is 0 Å². The number of rotatable bonds is 2. The van der Waals surface area contributed by atoms with Crippen LogP contribution in [0.1, 0.15) is 10.4 Å². The molecule has 0 aliphatic carbocycles. The van der Waals surface area contributed by atoms with Gasteiger partial charge in [-0.05, 0) is 18.2 Å². The zero-order chi connectivity index (χ0) is 12.5. The van der Waals surface area contributed by atoms with Crippen molar-refractivity contribution in [3.8, 4) is 11.3 Å². The molecule has 0 amide bonds. The molecule has 0 N–H and O–H groups in total. The molecule has 0 spiro atoms. The van der Waals surface area contributed by atoms with Crippen molar-refractivity contribution >= 4 is 23.5 Å². The van der Waals surface area contributed by atoms with Crippen molar-refractivity contribution in [1.82, 2.24) is 9.38 Å². The Morgan fingerprint density at radius 3 is 2.89 bits per heavy atom. The average Bonchev–Trinajstić information content (AvgIpc) is 2.87. The quantitative estimate of drug-likeness (QED) is 0.658. The van der Waals surface area contributed by atoms with E-state index < -0.39 is 0 Å². The summed E-state index contributed by atoms with van der Waals surface area (Å²) in [6.45, 7) is 0. The number of hydrogen-bond acceptors (Lipinski definition) is 2. The molecule has 3 aromatic rings. The normalized spacial score (nSPS) is 10.7. The van der Waals surface area contributed by atoms with Crippen molar-refractivity contribution in [2.75, 3.05) is 0 Å². The summed E-state index contributed by atoms with van der Waals surface area (Å²) in [6, 6.07) is 11.1. The molecule has 0 unspecified atom stereocenters. The fraction of sp³-hybridized carbons (Fsp3) is 0. The predicted octanol–water partition coefficient (Wildman–Crippen LogP) is 3.47. The lowest BCUT2D eigenvalue weighted by Crippen LogP contribution is -1.92. The Kier molecular flexibility index (Phi) is 2.61. The number of aromatic nitrogens is 2. The number of carbonyl (C=O) groups is 1. The summed E-state index contributed by atoms with van der Waals surface area (Å²) >= 11 is 6.22. The van der Waals surface area contributed by atoms with E-state index >= 15 is 0 Å². The fourth-order valence-electron chi connectivity index (χ4n) is 1.98. The van der Waals surface area contributed by atoms with E-state index in [-0.39, 0.29) is 0 Å². The van der Waals surface area contributed by atoms with Gasteiger partial charge in [0.1, 0.15) is 11.9 Å². The van der Waals surface area contributed by atoms with Crippen molar-refractivity contribution in [3.05, 3.63) is 59.4 Å². The minimum absolute atomic E-state index is 0.556. The summed E-state index contributed by atoms with van der Waals surface area (Å²) in [7, 11) is 0. The van der Waals surface area contributed by atoms with Gasteiger partial charge < -0.3 is 0 Å². The Labute approximate surface area is 109 Å². The van der Waals surface area contributed by atoms with Crippen molar-refractivity contribution in [3.63, 3.8) is 0 Å². The van der Waals surface area contributed by atoms with Gasteiger partial charge in [-0.2, -0.15) is 0 Å². The van der Waals surface area contributed by atoms with Gasteiger partial charge >= 0.3 is 0 Å². The molecule has 3 nitrogen and oxygen atoms in total. The smallest absolute Gasteiger partial charge is 0.150 e. The lowest BCUT2D eigenvalue weighted by atomic mass is 10.1. The number of benzene rings is 1. The van der Waals surface area contributed by atoms with E-state index in [2.05, 4.69) is 4.98 Å². The van der Waals surface area contributed by atoms with Gasteiger partial charge in [0.05, 0.1) is 10.7 Å². The molecule has 0 fully saturated rings. The SMILES string of the molecule is O=Cc1ccc(-c2cccc3nccn23)c(Cl)c1. The van der Waals surface area contributed by atoms with E-state index in [0.717, 1.165) is 23.2 Å². The van der Waals surface area contributed by atoms with Gasteiger partial charge in [0.15, 0.2) is 0 Å². The molecule has 18 heavy (non-hydrogen) atoms. The van der Waals surface area contributed by atoms with Crippen LogP contribution in [0.3, 0.4) is 0 Å². The lowest BCUT2D eigenvalue weighted by molar-refractivity contribution is 0.112. The molecule has 0 aliphatic rings. The van der Waals surface area contributed by atoms with Gasteiger partial charge in [0.2, 0.25) is 0 Å². The number of carbonyl (C=O) groups excluding carboxylic acids is 1. The van der Waals surface area contributed by atoms with Crippen LogP contribution in [-0.4, -0.2) is 15.7 Å². The molecule has 3 rings (SSSR count). The topological polar surface area (TPSA) is 34.4 Å². The molecule has 0 saturated carbocycles. The summed E-state index contributed by atoms with van der Waals surface area (Å²) < 4.78 is 1.96. The zero-order valence-electron chi connectivity index (χ0n) is 9.38. The van der Waals surface area contributed by atoms with Crippen molar-refractivity contribution in [2.24, 2.45) is 0 Å². The highest BCUT2D eigenvalue weighted by Gasteiger charge is 2.08. The second kappa shape index (κ2) is 4.27. The standard InChI is InChI=1S/C14H9ClN2O/c15-12-8-10(9-18)4-5-11(12)13-2-1-3-14-16-6-7-17(13)14/h1-9H. The molecule has 0 aliphatic heterocycles. The number of hydrogen-bond donors (Lipinski definition) is 0. The van der Waals surface area contributed by atoms with E-state index in [0.29, 0.717) is 10.6 Å². The average molecular weight is 257 g/mol. The number of nitrogens with zero attached hydrogens (tertiary/aromatic N) is 2. The van der Waals surface area contributed by atoms with Crippen LogP contribution in [0.15, 0.2) is 48.8 Å². The van der Waals surface area contributed by atoms with Crippen LogP contribution in [0.2, 0.25) is 5.02 Å². The Morgan fingerprint density at radius 1 is 1.22 bits per heavy atom. The fourth-order valence-corrected chi connectivity index (χ4v) is 2.27. The van der Waals surface area contributed by atoms with E-state index in [1.165, 1.54) is 0 Å². The maximum Gasteiger partial charge on any atom is 0.150 e. The minimum atomic E-state index is 0.556. The second-order valence-corrected chi connectivity index (χ2v) is 4.33. The Bertz CT molecular complexity index is 733. The highest BCUT2D eigenvalue weighted by Crippen LogP contribution is 2.28. The molecule has 88 valence electrons. The van der Waals surface area contributed by atoms with Gasteiger partial charge in [0, 0.05) is 23.5 Å². The maximum atomic E-state index is 10.7. The summed E-state index contributed by atoms with van der Waals surface area (Å²) in [5.74, 6) is 0. The monoisotopic (exact) mass is 256 g/mol. The third-order valence-electron chi connectivity index (χ3n) is 2.83. The number of pyridine rings is 1. The largest absolute Gasteiger partial charge is 0.300 e. The molecule has 1 aromatic carbocycles. The molecule has 2 heterocycles. The summed E-state index contributed by atoms with van der Waals surface area (Å²) in [4.78, 5) is 14.9. The summed E-state index contributed by atoms with van der Waals surface area (Å²) in [6.07, 6.45) is 4.41. The molecule has 4 heteroatoms. The highest BCUT2D eigenvalue weighted by atomic mass is 35.5. The maximum absolute atomic E-state index is 10.7. The van der Waals surface area contributed by atoms with Crippen LogP contribution in [0.5, 0.6) is 0 Å². The first kappa shape index (κ1) is 11.0. The van der Waals surface area contributed by atoms with Gasteiger partial charge in [-0.15, -0.1) is 0 Å². The molecular weight excluding hydrogens is 248 g/mol. The van der Waals surface area contributed by atoms with E-state index in [9.17, 15) is 4.79 Å². The number of imidazole rings is 1. The van der Waals surface area contributed by atoms with Crippen molar-refractivity contribution < 1.29 is 4.79 Å². The highest BCUT2D eigenvalue weighted by molar-refractivity contribution is 6.33. The van der Waals surface area contributed by atoms with E-state index in [1.807, 2.05) is 34.9 Å². The van der Waals surface area contributed by atoms with Gasteiger partial charge in [0.25, 0.3) is 0 Å². The van der Waals surface area contributed by atoms with Crippen molar-refractivity contribution in [1.29, 1.82) is 0 Å². The van der Waals surface area contributed by atoms with Gasteiger partial charge in [-0.3, -0.25) is 9.20 Å². The van der Waals surface area contributed by atoms with E-state index in [1.54, 1.807) is 18.3 Å². The Morgan fingerprint density at radius 2 is 2.11 bits per heavy atom.